The first-order chi connectivity index (χ1) is 7.05. The molecule has 3 aliphatic heterocycles. The molecule has 0 amide bonds. The maximum absolute atomic E-state index is 10.9. The molecule has 2 bridgehead atoms. The molecule has 3 aliphatic rings. The molecule has 0 aliphatic carbocycles. The largest absolute Gasteiger partial charge is 0.386 e. The zero-order chi connectivity index (χ0) is 11.1. The fourth-order valence-electron chi connectivity index (χ4n) is 3.46. The highest BCUT2D eigenvalue weighted by Gasteiger charge is 2.55. The number of nitrogens with two attached hydrogens (primary N) is 1. The van der Waals surface area contributed by atoms with E-state index in [2.05, 4.69) is 18.7 Å². The lowest BCUT2D eigenvalue weighted by Gasteiger charge is -2.57. The van der Waals surface area contributed by atoms with E-state index in [0.29, 0.717) is 5.92 Å². The molecular formula is C12H24N2O. The van der Waals surface area contributed by atoms with Gasteiger partial charge in [0, 0.05) is 12.1 Å². The molecule has 3 N–H and O–H groups in total. The van der Waals surface area contributed by atoms with E-state index in [1.165, 1.54) is 0 Å². The zero-order valence-electron chi connectivity index (χ0n) is 10.00. The van der Waals surface area contributed by atoms with Crippen LogP contribution in [0.4, 0.5) is 0 Å². The van der Waals surface area contributed by atoms with Gasteiger partial charge >= 0.3 is 0 Å². The number of hydrogen-bond donors (Lipinski definition) is 2. The van der Waals surface area contributed by atoms with E-state index in [4.69, 9.17) is 5.73 Å². The highest BCUT2D eigenvalue weighted by molar-refractivity contribution is 5.11. The Labute approximate surface area is 92.6 Å². The molecule has 3 fully saturated rings. The zero-order valence-corrected chi connectivity index (χ0v) is 10.00. The third kappa shape index (κ3) is 1.52. The average Bonchev–Trinajstić information content (AvgIpc) is 2.29. The molecule has 0 saturated carbocycles. The molecule has 3 nitrogen and oxygen atoms in total. The summed E-state index contributed by atoms with van der Waals surface area (Å²) in [7, 11) is 0. The van der Waals surface area contributed by atoms with Crippen molar-refractivity contribution in [3.8, 4) is 0 Å². The minimum Gasteiger partial charge on any atom is -0.386 e. The second-order valence-electron chi connectivity index (χ2n) is 5.34. The quantitative estimate of drug-likeness (QED) is 0.732. The number of rotatable bonds is 3. The van der Waals surface area contributed by atoms with E-state index in [-0.39, 0.29) is 0 Å². The third-order valence-corrected chi connectivity index (χ3v) is 4.85. The van der Waals surface area contributed by atoms with E-state index in [1.807, 2.05) is 0 Å². The lowest BCUT2D eigenvalue weighted by molar-refractivity contribution is -0.157. The smallest absolute Gasteiger partial charge is 0.0980 e. The van der Waals surface area contributed by atoms with Crippen molar-refractivity contribution in [1.29, 1.82) is 0 Å². The SMILES string of the molecule is CCC(N)(CC)C1(O)CN2CCC1CC2. The summed E-state index contributed by atoms with van der Waals surface area (Å²) in [5, 5.41) is 10.9. The Balaban J connectivity index is 2.25. The van der Waals surface area contributed by atoms with Crippen molar-refractivity contribution in [2.24, 2.45) is 11.7 Å². The van der Waals surface area contributed by atoms with Crippen molar-refractivity contribution < 1.29 is 5.11 Å². The van der Waals surface area contributed by atoms with Crippen molar-refractivity contribution in [2.45, 2.75) is 50.7 Å². The third-order valence-electron chi connectivity index (χ3n) is 4.85. The van der Waals surface area contributed by atoms with Crippen LogP contribution in [0.25, 0.3) is 0 Å². The van der Waals surface area contributed by atoms with Crippen LogP contribution >= 0.6 is 0 Å². The summed E-state index contributed by atoms with van der Waals surface area (Å²) >= 11 is 0. The summed E-state index contributed by atoms with van der Waals surface area (Å²) in [5.74, 6) is 0.424. The maximum atomic E-state index is 10.9. The number of hydrogen-bond acceptors (Lipinski definition) is 3. The Bertz CT molecular complexity index is 232. The van der Waals surface area contributed by atoms with Crippen molar-refractivity contribution >= 4 is 0 Å². The van der Waals surface area contributed by atoms with Crippen LogP contribution in [0.15, 0.2) is 0 Å². The van der Waals surface area contributed by atoms with E-state index in [1.54, 1.807) is 0 Å². The average molecular weight is 212 g/mol. The number of aliphatic hydroxyl groups is 1. The fourth-order valence-corrected chi connectivity index (χ4v) is 3.46. The second kappa shape index (κ2) is 3.72. The van der Waals surface area contributed by atoms with Crippen LogP contribution in [0.3, 0.4) is 0 Å². The second-order valence-corrected chi connectivity index (χ2v) is 5.34. The van der Waals surface area contributed by atoms with Gasteiger partial charge in [-0.1, -0.05) is 13.8 Å². The minimum atomic E-state index is -0.646. The Morgan fingerprint density at radius 2 is 1.87 bits per heavy atom. The highest BCUT2D eigenvalue weighted by Crippen LogP contribution is 2.43. The molecule has 3 saturated heterocycles. The monoisotopic (exact) mass is 212 g/mol. The van der Waals surface area contributed by atoms with E-state index >= 15 is 0 Å². The number of piperidine rings is 3. The molecule has 3 heterocycles. The van der Waals surface area contributed by atoms with Gasteiger partial charge in [0.15, 0.2) is 0 Å². The van der Waals surface area contributed by atoms with Gasteiger partial charge in [0.1, 0.15) is 0 Å². The van der Waals surface area contributed by atoms with Gasteiger partial charge in [0.2, 0.25) is 0 Å². The van der Waals surface area contributed by atoms with Gasteiger partial charge in [-0.25, -0.2) is 0 Å². The normalized spacial score (nSPS) is 40.8. The highest BCUT2D eigenvalue weighted by atomic mass is 16.3. The standard InChI is InChI=1S/C12H24N2O/c1-3-11(13,4-2)12(15)9-14-7-5-10(12)6-8-14/h10,15H,3-9,13H2,1-2H3. The summed E-state index contributed by atoms with van der Waals surface area (Å²) < 4.78 is 0. The van der Waals surface area contributed by atoms with Crippen LogP contribution in [-0.2, 0) is 0 Å². The Morgan fingerprint density at radius 1 is 1.33 bits per heavy atom. The van der Waals surface area contributed by atoms with Gasteiger partial charge in [0.25, 0.3) is 0 Å². The Hall–Kier alpha value is -0.120. The minimum absolute atomic E-state index is 0.392. The van der Waals surface area contributed by atoms with Crippen LogP contribution in [0.2, 0.25) is 0 Å². The van der Waals surface area contributed by atoms with Gasteiger partial charge in [-0.3, -0.25) is 0 Å². The lowest BCUT2D eigenvalue weighted by Crippen LogP contribution is -2.72. The molecule has 0 aromatic carbocycles. The summed E-state index contributed by atoms with van der Waals surface area (Å²) in [6.45, 7) is 7.28. The van der Waals surface area contributed by atoms with Crippen molar-refractivity contribution in [2.75, 3.05) is 19.6 Å². The summed E-state index contributed by atoms with van der Waals surface area (Å²) in [5.41, 5.74) is 5.38. The summed E-state index contributed by atoms with van der Waals surface area (Å²) in [4.78, 5) is 2.37. The van der Waals surface area contributed by atoms with E-state index < -0.39 is 11.1 Å². The first kappa shape index (κ1) is 11.4. The van der Waals surface area contributed by atoms with Gasteiger partial charge in [0.05, 0.1) is 5.60 Å². The molecule has 0 spiro atoms. The van der Waals surface area contributed by atoms with E-state index in [0.717, 1.165) is 45.3 Å². The fraction of sp³-hybridized carbons (Fsp3) is 1.00. The van der Waals surface area contributed by atoms with Crippen LogP contribution < -0.4 is 5.73 Å². The Morgan fingerprint density at radius 3 is 2.20 bits per heavy atom. The maximum Gasteiger partial charge on any atom is 0.0980 e. The first-order valence-electron chi connectivity index (χ1n) is 6.29. The van der Waals surface area contributed by atoms with Crippen molar-refractivity contribution in [3.05, 3.63) is 0 Å². The van der Waals surface area contributed by atoms with Gasteiger partial charge in [-0.05, 0) is 44.7 Å². The van der Waals surface area contributed by atoms with Crippen LogP contribution in [0.5, 0.6) is 0 Å². The Kier molecular flexibility index (Phi) is 2.82. The van der Waals surface area contributed by atoms with Crippen LogP contribution in [0.1, 0.15) is 39.5 Å². The molecule has 3 heteroatoms. The van der Waals surface area contributed by atoms with Gasteiger partial charge < -0.3 is 15.7 Å². The lowest BCUT2D eigenvalue weighted by atomic mass is 9.63. The predicted octanol–water partition coefficient (Wildman–Crippen LogP) is 0.961. The summed E-state index contributed by atoms with van der Waals surface area (Å²) in [6, 6.07) is 0. The van der Waals surface area contributed by atoms with Crippen LogP contribution in [-0.4, -0.2) is 40.8 Å². The molecule has 1 unspecified atom stereocenters. The molecule has 15 heavy (non-hydrogen) atoms. The molecule has 0 radical (unpaired) electrons. The van der Waals surface area contributed by atoms with Gasteiger partial charge in [-0.15, -0.1) is 0 Å². The van der Waals surface area contributed by atoms with Crippen LogP contribution in [0, 0.1) is 5.92 Å². The number of fused-ring (bicyclic) bond motifs is 3. The molecule has 3 rings (SSSR count). The molecule has 0 aromatic rings. The summed E-state index contributed by atoms with van der Waals surface area (Å²) in [6.07, 6.45) is 3.97. The van der Waals surface area contributed by atoms with Gasteiger partial charge in [-0.2, -0.15) is 0 Å². The van der Waals surface area contributed by atoms with E-state index in [9.17, 15) is 5.11 Å². The molecule has 88 valence electrons. The van der Waals surface area contributed by atoms with Crippen molar-refractivity contribution in [3.63, 3.8) is 0 Å². The first-order valence-corrected chi connectivity index (χ1v) is 6.29. The number of nitrogens with zero attached hydrogens (tertiary/aromatic N) is 1. The molecular weight excluding hydrogens is 188 g/mol. The van der Waals surface area contributed by atoms with Crippen molar-refractivity contribution in [1.82, 2.24) is 4.90 Å². The predicted molar refractivity (Wildman–Crippen MR) is 61.6 cm³/mol. The molecule has 1 atom stereocenters. The topological polar surface area (TPSA) is 49.5 Å². The molecule has 0 aromatic heterocycles.